The highest BCUT2D eigenvalue weighted by Gasteiger charge is 2.46. The topological polar surface area (TPSA) is 70.1 Å². The number of aliphatic hydroxyl groups excluding tert-OH is 1. The Hall–Kier alpha value is -3.12. The van der Waals surface area contributed by atoms with Gasteiger partial charge in [0.2, 0.25) is 0 Å². The normalized spacial score (nSPS) is 18.1. The van der Waals surface area contributed by atoms with Crippen LogP contribution in [0.2, 0.25) is 0 Å². The number of methoxy groups -OCH3 is 1. The highest BCUT2D eigenvalue weighted by Crippen LogP contribution is 2.42. The number of nitrogens with zero attached hydrogens (tertiary/aromatic N) is 2. The smallest absolute Gasteiger partial charge is 0.295 e. The summed E-state index contributed by atoms with van der Waals surface area (Å²) in [6.07, 6.45) is 0.713. The lowest BCUT2D eigenvalue weighted by Crippen LogP contribution is -2.32. The van der Waals surface area contributed by atoms with Crippen molar-refractivity contribution < 1.29 is 19.4 Å². The zero-order chi connectivity index (χ0) is 25.2. The molecular formula is C28H36N2O4. The first-order valence-corrected chi connectivity index (χ1v) is 11.6. The van der Waals surface area contributed by atoms with Crippen molar-refractivity contribution in [3.63, 3.8) is 0 Å². The van der Waals surface area contributed by atoms with E-state index in [9.17, 15) is 14.7 Å². The first kappa shape index (κ1) is 25.5. The molecule has 1 aliphatic heterocycles. The van der Waals surface area contributed by atoms with E-state index in [0.29, 0.717) is 24.3 Å². The second-order valence-electron chi connectivity index (χ2n) is 10.2. The Morgan fingerprint density at radius 3 is 2.41 bits per heavy atom. The van der Waals surface area contributed by atoms with Gasteiger partial charge in [-0.25, -0.2) is 0 Å². The highest BCUT2D eigenvalue weighted by molar-refractivity contribution is 6.46. The van der Waals surface area contributed by atoms with Gasteiger partial charge in [0.05, 0.1) is 24.3 Å². The van der Waals surface area contributed by atoms with Gasteiger partial charge < -0.3 is 19.6 Å². The van der Waals surface area contributed by atoms with Crippen LogP contribution in [0.4, 0.5) is 0 Å². The largest absolute Gasteiger partial charge is 0.507 e. The summed E-state index contributed by atoms with van der Waals surface area (Å²) < 4.78 is 5.52. The molecule has 1 saturated heterocycles. The minimum absolute atomic E-state index is 0.102. The number of rotatable bonds is 7. The van der Waals surface area contributed by atoms with Gasteiger partial charge in [-0.2, -0.15) is 0 Å². The zero-order valence-electron chi connectivity index (χ0n) is 21.3. The van der Waals surface area contributed by atoms with Gasteiger partial charge in [0.1, 0.15) is 11.5 Å². The van der Waals surface area contributed by atoms with Crippen molar-refractivity contribution in [2.45, 2.75) is 45.6 Å². The minimum atomic E-state index is -0.669. The molecule has 1 unspecified atom stereocenters. The molecule has 1 atom stereocenters. The van der Waals surface area contributed by atoms with Gasteiger partial charge >= 0.3 is 0 Å². The van der Waals surface area contributed by atoms with Gasteiger partial charge in [0.25, 0.3) is 11.7 Å². The first-order chi connectivity index (χ1) is 16.0. The monoisotopic (exact) mass is 464 g/mol. The molecular weight excluding hydrogens is 428 g/mol. The number of aryl methyl sites for hydroxylation is 1. The van der Waals surface area contributed by atoms with E-state index in [1.807, 2.05) is 62.3 Å². The van der Waals surface area contributed by atoms with Gasteiger partial charge in [0, 0.05) is 6.54 Å². The molecule has 0 spiro atoms. The molecule has 6 nitrogen and oxygen atoms in total. The van der Waals surface area contributed by atoms with Crippen molar-refractivity contribution in [1.82, 2.24) is 9.80 Å². The van der Waals surface area contributed by atoms with Crippen molar-refractivity contribution in [3.05, 3.63) is 70.3 Å². The van der Waals surface area contributed by atoms with E-state index in [0.717, 1.165) is 23.2 Å². The molecule has 0 saturated carbocycles. The maximum atomic E-state index is 13.3. The van der Waals surface area contributed by atoms with Crippen LogP contribution in [-0.2, 0) is 15.0 Å². The van der Waals surface area contributed by atoms with E-state index in [1.54, 1.807) is 11.0 Å². The minimum Gasteiger partial charge on any atom is -0.507 e. The summed E-state index contributed by atoms with van der Waals surface area (Å²) in [5, 5.41) is 11.5. The molecule has 0 aromatic heterocycles. The van der Waals surface area contributed by atoms with E-state index < -0.39 is 17.7 Å². The highest BCUT2D eigenvalue weighted by atomic mass is 16.5. The van der Waals surface area contributed by atoms with E-state index >= 15 is 0 Å². The van der Waals surface area contributed by atoms with Crippen molar-refractivity contribution in [2.24, 2.45) is 0 Å². The summed E-state index contributed by atoms with van der Waals surface area (Å²) in [5.74, 6) is -1.01. The average molecular weight is 465 g/mol. The number of Topliss-reactive ketones (excluding diaryl/α,β-unsaturated/α-hetero) is 1. The number of ketones is 1. The summed E-state index contributed by atoms with van der Waals surface area (Å²) in [6.45, 7) is 9.40. The summed E-state index contributed by atoms with van der Waals surface area (Å²) in [4.78, 5) is 30.1. The fourth-order valence-corrected chi connectivity index (χ4v) is 4.36. The predicted octanol–water partition coefficient (Wildman–Crippen LogP) is 4.67. The van der Waals surface area contributed by atoms with Crippen LogP contribution < -0.4 is 4.74 Å². The molecule has 0 aliphatic carbocycles. The number of aliphatic hydroxyl groups is 1. The lowest BCUT2D eigenvalue weighted by atomic mass is 9.85. The van der Waals surface area contributed by atoms with Crippen LogP contribution in [0.25, 0.3) is 5.76 Å². The number of carbonyl (C=O) groups excluding carboxylic acids is 2. The second kappa shape index (κ2) is 10.0. The van der Waals surface area contributed by atoms with Crippen LogP contribution in [0.3, 0.4) is 0 Å². The summed E-state index contributed by atoms with van der Waals surface area (Å²) in [7, 11) is 5.47. The number of likely N-dealkylation sites (tertiary alicyclic amines) is 1. The number of amides is 1. The van der Waals surface area contributed by atoms with E-state index in [-0.39, 0.29) is 16.7 Å². The van der Waals surface area contributed by atoms with Gasteiger partial charge in [-0.15, -0.1) is 0 Å². The fraction of sp³-hybridized carbons (Fsp3) is 0.429. The number of carbonyl (C=O) groups is 2. The van der Waals surface area contributed by atoms with Crippen molar-refractivity contribution in [2.75, 3.05) is 34.3 Å². The van der Waals surface area contributed by atoms with Crippen LogP contribution >= 0.6 is 0 Å². The van der Waals surface area contributed by atoms with Crippen molar-refractivity contribution >= 4 is 17.4 Å². The standard InChI is InChI=1S/C28H36N2O4/c1-18-10-8-11-19(16-18)24-23(26(32)27(33)30(24)15-9-14-29(5)6)25(31)21-17-20(28(2,3)4)12-13-22(21)34-7/h8,10-13,16-17,24,31H,9,14-15H2,1-7H3/b25-23+. The first-order valence-electron chi connectivity index (χ1n) is 11.6. The quantitative estimate of drug-likeness (QED) is 0.366. The van der Waals surface area contributed by atoms with Crippen LogP contribution in [0.5, 0.6) is 5.75 Å². The second-order valence-corrected chi connectivity index (χ2v) is 10.2. The number of benzene rings is 2. The summed E-state index contributed by atoms with van der Waals surface area (Å²) in [6, 6.07) is 12.7. The number of hydrogen-bond acceptors (Lipinski definition) is 5. The Labute approximate surface area is 202 Å². The lowest BCUT2D eigenvalue weighted by molar-refractivity contribution is -0.139. The number of ether oxygens (including phenoxy) is 1. The van der Waals surface area contributed by atoms with Gasteiger partial charge in [-0.3, -0.25) is 9.59 Å². The van der Waals surface area contributed by atoms with Gasteiger partial charge in [0.15, 0.2) is 0 Å². The third-order valence-electron chi connectivity index (χ3n) is 6.22. The Kier molecular flexibility index (Phi) is 7.51. The van der Waals surface area contributed by atoms with Crippen molar-refractivity contribution in [1.29, 1.82) is 0 Å². The molecule has 1 fully saturated rings. The Balaban J connectivity index is 2.21. The molecule has 3 rings (SSSR count). The van der Waals surface area contributed by atoms with Crippen LogP contribution in [0, 0.1) is 6.92 Å². The van der Waals surface area contributed by atoms with Crippen molar-refractivity contribution in [3.8, 4) is 5.75 Å². The Morgan fingerprint density at radius 2 is 1.82 bits per heavy atom. The predicted molar refractivity (Wildman–Crippen MR) is 135 cm³/mol. The molecule has 0 radical (unpaired) electrons. The molecule has 1 aliphatic rings. The fourth-order valence-electron chi connectivity index (χ4n) is 4.36. The Bertz CT molecular complexity index is 1110. The van der Waals surface area contributed by atoms with Crippen LogP contribution in [0.1, 0.15) is 55.5 Å². The molecule has 1 heterocycles. The van der Waals surface area contributed by atoms with E-state index in [4.69, 9.17) is 4.74 Å². The maximum Gasteiger partial charge on any atom is 0.295 e. The number of hydrogen-bond donors (Lipinski definition) is 1. The van der Waals surface area contributed by atoms with Crippen LogP contribution in [0.15, 0.2) is 48.0 Å². The SMILES string of the molecule is COc1ccc(C(C)(C)C)cc1/C(O)=C1\C(=O)C(=O)N(CCCN(C)C)C1c1cccc(C)c1. The molecule has 2 aromatic rings. The van der Waals surface area contributed by atoms with E-state index in [2.05, 4.69) is 20.8 Å². The van der Waals surface area contributed by atoms with Gasteiger partial charge in [-0.1, -0.05) is 56.7 Å². The summed E-state index contributed by atoms with van der Waals surface area (Å²) >= 11 is 0. The molecule has 1 amide bonds. The zero-order valence-corrected chi connectivity index (χ0v) is 21.3. The Morgan fingerprint density at radius 1 is 1.12 bits per heavy atom. The molecule has 2 aromatic carbocycles. The van der Waals surface area contributed by atoms with Crippen LogP contribution in [-0.4, -0.2) is 60.9 Å². The van der Waals surface area contributed by atoms with E-state index in [1.165, 1.54) is 7.11 Å². The molecule has 1 N–H and O–H groups in total. The third-order valence-corrected chi connectivity index (χ3v) is 6.22. The third kappa shape index (κ3) is 5.17. The molecule has 34 heavy (non-hydrogen) atoms. The molecule has 0 bridgehead atoms. The molecule has 182 valence electrons. The lowest BCUT2D eigenvalue weighted by Gasteiger charge is -2.26. The molecule has 6 heteroatoms. The van der Waals surface area contributed by atoms with Gasteiger partial charge in [-0.05, 0) is 62.7 Å². The maximum absolute atomic E-state index is 13.3. The average Bonchev–Trinajstić information content (AvgIpc) is 3.02. The summed E-state index contributed by atoms with van der Waals surface area (Å²) in [5.41, 5.74) is 3.15.